The maximum atomic E-state index is 12.5. The van der Waals surface area contributed by atoms with Gasteiger partial charge >= 0.3 is 5.97 Å². The number of hydrogen-bond donors (Lipinski definition) is 1. The van der Waals surface area contributed by atoms with Gasteiger partial charge in [0, 0.05) is 27.3 Å². The van der Waals surface area contributed by atoms with Crippen molar-refractivity contribution in [2.75, 3.05) is 12.9 Å². The fraction of sp³-hybridized carbons (Fsp3) is 0.238. The summed E-state index contributed by atoms with van der Waals surface area (Å²) in [5.74, 6) is 4.55. The second kappa shape index (κ2) is 9.81. The van der Waals surface area contributed by atoms with E-state index in [2.05, 4.69) is 16.6 Å². The molecule has 5 nitrogen and oxygen atoms in total. The molecule has 27 heavy (non-hydrogen) atoms. The van der Waals surface area contributed by atoms with Gasteiger partial charge in [0.15, 0.2) is 0 Å². The minimum Gasteiger partial charge on any atom is -0.469 e. The number of carbonyl (C=O) groups excluding carboxylic acids is 2. The van der Waals surface area contributed by atoms with Crippen LogP contribution in [0.2, 0.25) is 0 Å². The fourth-order valence-corrected chi connectivity index (χ4v) is 3.67. The second-order valence-electron chi connectivity index (χ2n) is 5.90. The first-order chi connectivity index (χ1) is 12.9. The van der Waals surface area contributed by atoms with Crippen molar-refractivity contribution in [3.05, 3.63) is 65.2 Å². The second-order valence-corrected chi connectivity index (χ2v) is 7.39. The zero-order valence-electron chi connectivity index (χ0n) is 15.0. The third-order valence-electron chi connectivity index (χ3n) is 3.93. The molecule has 6 heteroatoms. The number of benzene rings is 2. The van der Waals surface area contributed by atoms with E-state index in [1.165, 1.54) is 14.0 Å². The van der Waals surface area contributed by atoms with E-state index < -0.39 is 28.8 Å². The average Bonchev–Trinajstić information content (AvgIpc) is 2.70. The standard InChI is InChI=1S/C21H20O5S/c1-15(23)20(21(24)26-2)14-27(25)19-11-9-17(10-12-19)4-3-16-5-7-18(13-22)8-6-16/h5-13,15,20,23H,14H2,1-2H3/t15-,20+,27?/m1/s1. The largest absolute Gasteiger partial charge is 0.469 e. The van der Waals surface area contributed by atoms with Gasteiger partial charge in [-0.05, 0) is 43.3 Å². The number of carbonyl (C=O) groups is 2. The summed E-state index contributed by atoms with van der Waals surface area (Å²) >= 11 is 0. The van der Waals surface area contributed by atoms with Crippen LogP contribution in [-0.2, 0) is 20.3 Å². The van der Waals surface area contributed by atoms with Crippen LogP contribution in [0.15, 0.2) is 53.4 Å². The summed E-state index contributed by atoms with van der Waals surface area (Å²) < 4.78 is 17.1. The number of rotatable bonds is 6. The molecule has 0 spiro atoms. The third-order valence-corrected chi connectivity index (χ3v) is 5.39. The van der Waals surface area contributed by atoms with Crippen LogP contribution in [0.25, 0.3) is 0 Å². The van der Waals surface area contributed by atoms with E-state index in [1.807, 2.05) is 0 Å². The van der Waals surface area contributed by atoms with Gasteiger partial charge < -0.3 is 9.84 Å². The molecular weight excluding hydrogens is 364 g/mol. The first-order valence-electron chi connectivity index (χ1n) is 8.26. The van der Waals surface area contributed by atoms with Gasteiger partial charge in [0.25, 0.3) is 0 Å². The Kier molecular flexibility index (Phi) is 7.47. The van der Waals surface area contributed by atoms with E-state index >= 15 is 0 Å². The lowest BCUT2D eigenvalue weighted by Gasteiger charge is -2.16. The van der Waals surface area contributed by atoms with Crippen LogP contribution in [0, 0.1) is 17.8 Å². The predicted octanol–water partition coefficient (Wildman–Crippen LogP) is 2.18. The number of aliphatic hydroxyl groups excluding tert-OH is 1. The molecule has 1 N–H and O–H groups in total. The SMILES string of the molecule is COC(=O)[C@@H](CS(=O)c1ccc(C#Cc2ccc(C=O)cc2)cc1)[C@@H](C)O. The molecule has 0 aromatic heterocycles. The molecule has 0 saturated carbocycles. The Hall–Kier alpha value is -2.75. The smallest absolute Gasteiger partial charge is 0.312 e. The van der Waals surface area contributed by atoms with Crippen LogP contribution >= 0.6 is 0 Å². The summed E-state index contributed by atoms with van der Waals surface area (Å²) in [6.07, 6.45) is -0.171. The topological polar surface area (TPSA) is 80.7 Å². The van der Waals surface area contributed by atoms with Crippen LogP contribution in [-0.4, -0.2) is 40.5 Å². The molecule has 0 radical (unpaired) electrons. The van der Waals surface area contributed by atoms with E-state index in [4.69, 9.17) is 0 Å². The monoisotopic (exact) mass is 384 g/mol. The van der Waals surface area contributed by atoms with Crippen molar-refractivity contribution in [2.45, 2.75) is 17.9 Å². The van der Waals surface area contributed by atoms with Gasteiger partial charge in [-0.25, -0.2) is 0 Å². The maximum Gasteiger partial charge on any atom is 0.312 e. The van der Waals surface area contributed by atoms with Gasteiger partial charge in [0.05, 0.1) is 29.9 Å². The molecular formula is C21H20O5S. The first kappa shape index (κ1) is 20.6. The average molecular weight is 384 g/mol. The number of aldehydes is 1. The van der Waals surface area contributed by atoms with Crippen molar-refractivity contribution < 1.29 is 23.6 Å². The fourth-order valence-electron chi connectivity index (χ4n) is 2.29. The summed E-state index contributed by atoms with van der Waals surface area (Å²) in [5.41, 5.74) is 2.12. The van der Waals surface area contributed by atoms with Crippen molar-refractivity contribution >= 4 is 23.1 Å². The van der Waals surface area contributed by atoms with E-state index in [0.29, 0.717) is 10.5 Å². The van der Waals surface area contributed by atoms with Gasteiger partial charge in [-0.2, -0.15) is 0 Å². The highest BCUT2D eigenvalue weighted by atomic mass is 32.2. The maximum absolute atomic E-state index is 12.5. The van der Waals surface area contributed by atoms with Gasteiger partial charge in [-0.15, -0.1) is 0 Å². The minimum absolute atomic E-state index is 0.0154. The Balaban J connectivity index is 2.08. The molecule has 0 bridgehead atoms. The Labute approximate surface area is 160 Å². The number of hydrogen-bond acceptors (Lipinski definition) is 5. The Morgan fingerprint density at radius 1 is 1.11 bits per heavy atom. The lowest BCUT2D eigenvalue weighted by Crippen LogP contribution is -2.31. The number of ether oxygens (including phenoxy) is 1. The molecule has 0 aliphatic rings. The number of methoxy groups -OCH3 is 1. The van der Waals surface area contributed by atoms with E-state index in [9.17, 15) is 18.9 Å². The van der Waals surface area contributed by atoms with Crippen molar-refractivity contribution in [3.8, 4) is 11.8 Å². The predicted molar refractivity (Wildman–Crippen MR) is 103 cm³/mol. The lowest BCUT2D eigenvalue weighted by atomic mass is 10.1. The van der Waals surface area contributed by atoms with Crippen molar-refractivity contribution in [2.24, 2.45) is 5.92 Å². The molecule has 140 valence electrons. The van der Waals surface area contributed by atoms with Crippen molar-refractivity contribution in [3.63, 3.8) is 0 Å². The van der Waals surface area contributed by atoms with Crippen LogP contribution in [0.1, 0.15) is 28.4 Å². The van der Waals surface area contributed by atoms with Gasteiger partial charge in [-0.3, -0.25) is 13.8 Å². The van der Waals surface area contributed by atoms with E-state index in [-0.39, 0.29) is 5.75 Å². The van der Waals surface area contributed by atoms with Crippen molar-refractivity contribution in [1.82, 2.24) is 0 Å². The Bertz CT molecular complexity index is 874. The van der Waals surface area contributed by atoms with Gasteiger partial charge in [0.1, 0.15) is 6.29 Å². The minimum atomic E-state index is -1.45. The molecule has 0 aliphatic carbocycles. The summed E-state index contributed by atoms with van der Waals surface area (Å²) in [5, 5.41) is 9.69. The molecule has 3 atom stereocenters. The van der Waals surface area contributed by atoms with Crippen LogP contribution in [0.3, 0.4) is 0 Å². The normalized spacial score (nSPS) is 13.6. The summed E-state index contributed by atoms with van der Waals surface area (Å²) in [7, 11) is -0.214. The molecule has 1 unspecified atom stereocenters. The van der Waals surface area contributed by atoms with Crippen LogP contribution in [0.4, 0.5) is 0 Å². The molecule has 0 amide bonds. The van der Waals surface area contributed by atoms with Crippen molar-refractivity contribution in [1.29, 1.82) is 0 Å². The lowest BCUT2D eigenvalue weighted by molar-refractivity contribution is -0.147. The summed E-state index contributed by atoms with van der Waals surface area (Å²) in [6, 6.07) is 13.8. The quantitative estimate of drug-likeness (QED) is 0.469. The molecule has 0 aliphatic heterocycles. The van der Waals surface area contributed by atoms with Gasteiger partial charge in [0.2, 0.25) is 0 Å². The molecule has 0 heterocycles. The molecule has 0 saturated heterocycles. The Morgan fingerprint density at radius 3 is 2.07 bits per heavy atom. The molecule has 2 aromatic carbocycles. The number of aliphatic hydroxyl groups is 1. The highest BCUT2D eigenvalue weighted by Gasteiger charge is 2.27. The first-order valence-corrected chi connectivity index (χ1v) is 9.58. The highest BCUT2D eigenvalue weighted by molar-refractivity contribution is 7.85. The van der Waals surface area contributed by atoms with E-state index in [0.717, 1.165) is 17.4 Å². The molecule has 2 rings (SSSR count). The van der Waals surface area contributed by atoms with E-state index in [1.54, 1.807) is 48.5 Å². The Morgan fingerprint density at radius 2 is 1.63 bits per heavy atom. The summed E-state index contributed by atoms with van der Waals surface area (Å²) in [4.78, 5) is 22.9. The number of esters is 1. The summed E-state index contributed by atoms with van der Waals surface area (Å²) in [6.45, 7) is 1.47. The van der Waals surface area contributed by atoms with Crippen LogP contribution in [0.5, 0.6) is 0 Å². The molecule has 2 aromatic rings. The zero-order valence-corrected chi connectivity index (χ0v) is 15.9. The van der Waals surface area contributed by atoms with Crippen LogP contribution < -0.4 is 0 Å². The van der Waals surface area contributed by atoms with Gasteiger partial charge in [-0.1, -0.05) is 24.0 Å². The highest BCUT2D eigenvalue weighted by Crippen LogP contribution is 2.15. The molecule has 0 fully saturated rings. The third kappa shape index (κ3) is 5.88. The zero-order chi connectivity index (χ0) is 19.8.